The van der Waals surface area contributed by atoms with Gasteiger partial charge in [-0.15, -0.1) is 0 Å². The van der Waals surface area contributed by atoms with Gasteiger partial charge in [-0.25, -0.2) is 0 Å². The van der Waals surface area contributed by atoms with Crippen LogP contribution < -0.4 is 5.11 Å². The molecule has 0 N–H and O–H groups in total. The summed E-state index contributed by atoms with van der Waals surface area (Å²) in [5.41, 5.74) is 1.01. The van der Waals surface area contributed by atoms with Crippen LogP contribution in [-0.4, -0.2) is 0 Å². The summed E-state index contributed by atoms with van der Waals surface area (Å²) in [7, 11) is 0. The van der Waals surface area contributed by atoms with Gasteiger partial charge >= 0.3 is 5.69 Å². The van der Waals surface area contributed by atoms with E-state index in [9.17, 15) is 5.11 Å². The van der Waals surface area contributed by atoms with E-state index in [1.54, 1.807) is 6.07 Å². The molecule has 0 spiro atoms. The predicted octanol–water partition coefficient (Wildman–Crippen LogP) is 1.55. The molecule has 0 unspecified atom stereocenters. The van der Waals surface area contributed by atoms with E-state index in [2.05, 4.69) is 4.98 Å². The third-order valence-electron chi connectivity index (χ3n) is 1.22. The Morgan fingerprint density at radius 1 is 1.50 bits per heavy atom. The number of aryl methyl sites for hydroxylation is 1. The van der Waals surface area contributed by atoms with E-state index in [1.165, 1.54) is 12.1 Å². The SMILES string of the molecule is Cc1ccc([O-])c([N+]#N)c1. The second-order valence-electron chi connectivity index (χ2n) is 2.07. The maximum atomic E-state index is 10.7. The first-order chi connectivity index (χ1) is 4.74. The number of benzene rings is 1. The summed E-state index contributed by atoms with van der Waals surface area (Å²) in [6, 6.07) is 4.59. The second kappa shape index (κ2) is 2.36. The van der Waals surface area contributed by atoms with Crippen LogP contribution in [0.15, 0.2) is 18.2 Å². The molecule has 50 valence electrons. The van der Waals surface area contributed by atoms with Crippen molar-refractivity contribution in [2.24, 2.45) is 0 Å². The normalized spacial score (nSPS) is 8.80. The molecule has 0 amide bonds. The Bertz CT molecular complexity index is 288. The van der Waals surface area contributed by atoms with E-state index in [1.807, 2.05) is 6.92 Å². The lowest BCUT2D eigenvalue weighted by Gasteiger charge is -1.98. The van der Waals surface area contributed by atoms with E-state index in [0.717, 1.165) is 5.56 Å². The van der Waals surface area contributed by atoms with Gasteiger partial charge in [0.05, 0.1) is 0 Å². The average Bonchev–Trinajstić information content (AvgIpc) is 1.94. The first kappa shape index (κ1) is 6.56. The Kier molecular flexibility index (Phi) is 1.55. The van der Waals surface area contributed by atoms with Gasteiger partial charge in [-0.2, -0.15) is 0 Å². The molecule has 0 saturated carbocycles. The van der Waals surface area contributed by atoms with E-state index in [4.69, 9.17) is 5.39 Å². The highest BCUT2D eigenvalue weighted by molar-refractivity contribution is 5.56. The fourth-order valence-electron chi connectivity index (χ4n) is 0.706. The maximum Gasteiger partial charge on any atom is 0.377 e. The van der Waals surface area contributed by atoms with Gasteiger partial charge in [-0.05, 0) is 18.2 Å². The molecule has 1 aromatic rings. The molecule has 10 heavy (non-hydrogen) atoms. The molecule has 0 heterocycles. The molecule has 0 bridgehead atoms. The molecule has 0 fully saturated rings. The molecule has 0 aliphatic heterocycles. The Morgan fingerprint density at radius 3 is 2.70 bits per heavy atom. The minimum atomic E-state index is -0.256. The molecule has 0 aliphatic carbocycles. The molecule has 0 atom stereocenters. The van der Waals surface area contributed by atoms with Crippen LogP contribution in [0.1, 0.15) is 5.56 Å². The van der Waals surface area contributed by atoms with Crippen molar-refractivity contribution in [3.05, 3.63) is 28.7 Å². The highest BCUT2D eigenvalue weighted by atomic mass is 16.3. The van der Waals surface area contributed by atoms with Crippen molar-refractivity contribution in [1.29, 1.82) is 5.39 Å². The van der Waals surface area contributed by atoms with Crippen molar-refractivity contribution in [2.45, 2.75) is 6.92 Å². The third kappa shape index (κ3) is 1.06. The molecule has 3 heteroatoms. The van der Waals surface area contributed by atoms with Gasteiger partial charge in [-0.3, -0.25) is 0 Å². The monoisotopic (exact) mass is 134 g/mol. The quantitative estimate of drug-likeness (QED) is 0.505. The van der Waals surface area contributed by atoms with Crippen molar-refractivity contribution in [2.75, 3.05) is 0 Å². The molecule has 3 nitrogen and oxygen atoms in total. The first-order valence-electron chi connectivity index (χ1n) is 2.87. The molecule has 0 saturated heterocycles. The fraction of sp³-hybridized carbons (Fsp3) is 0.143. The average molecular weight is 134 g/mol. The van der Waals surface area contributed by atoms with Crippen LogP contribution in [0.5, 0.6) is 5.75 Å². The minimum absolute atomic E-state index is 0.0972. The summed E-state index contributed by atoms with van der Waals surface area (Å²) < 4.78 is 0. The van der Waals surface area contributed by atoms with E-state index in [-0.39, 0.29) is 11.4 Å². The Labute approximate surface area is 58.6 Å². The maximum absolute atomic E-state index is 10.7. The molecule has 1 aromatic carbocycles. The standard InChI is InChI=1S/C7H6N2O/c1-5-2-3-7(10)6(4-5)9-8/h2-4H,1H3. The lowest BCUT2D eigenvalue weighted by Crippen LogP contribution is -1.88. The molecule has 0 aromatic heterocycles. The highest BCUT2D eigenvalue weighted by Gasteiger charge is 2.03. The van der Waals surface area contributed by atoms with E-state index >= 15 is 0 Å². The predicted molar refractivity (Wildman–Crippen MR) is 35.4 cm³/mol. The number of rotatable bonds is 0. The zero-order chi connectivity index (χ0) is 7.56. The van der Waals surface area contributed by atoms with Crippen molar-refractivity contribution in [3.63, 3.8) is 0 Å². The van der Waals surface area contributed by atoms with Crippen LogP contribution in [0.2, 0.25) is 0 Å². The summed E-state index contributed by atoms with van der Waals surface area (Å²) >= 11 is 0. The zero-order valence-corrected chi connectivity index (χ0v) is 5.53. The van der Waals surface area contributed by atoms with Crippen molar-refractivity contribution in [1.82, 2.24) is 0 Å². The molecular weight excluding hydrogens is 128 g/mol. The Morgan fingerprint density at radius 2 is 2.20 bits per heavy atom. The smallest absolute Gasteiger partial charge is 0.377 e. The lowest BCUT2D eigenvalue weighted by atomic mass is 10.2. The van der Waals surface area contributed by atoms with Gasteiger partial charge in [0.15, 0.2) is 4.98 Å². The van der Waals surface area contributed by atoms with Crippen molar-refractivity contribution < 1.29 is 5.11 Å². The van der Waals surface area contributed by atoms with Gasteiger partial charge in [0, 0.05) is 6.07 Å². The van der Waals surface area contributed by atoms with Crippen molar-refractivity contribution in [3.8, 4) is 5.75 Å². The van der Waals surface area contributed by atoms with Crippen LogP contribution in [0, 0.1) is 12.3 Å². The van der Waals surface area contributed by atoms with Gasteiger partial charge in [-0.1, -0.05) is 12.1 Å². The van der Waals surface area contributed by atoms with Crippen molar-refractivity contribution >= 4 is 5.69 Å². The second-order valence-corrected chi connectivity index (χ2v) is 2.07. The zero-order valence-electron chi connectivity index (χ0n) is 5.53. The topological polar surface area (TPSA) is 51.2 Å². The van der Waals surface area contributed by atoms with Gasteiger partial charge in [0.2, 0.25) is 5.39 Å². The Balaban J connectivity index is 3.25. The van der Waals surface area contributed by atoms with Crippen LogP contribution in [0.25, 0.3) is 4.98 Å². The number of hydrogen-bond donors (Lipinski definition) is 0. The number of nitrogens with zero attached hydrogens (tertiary/aromatic N) is 2. The molecule has 1 rings (SSSR count). The minimum Gasteiger partial charge on any atom is -0.867 e. The molecule has 0 aliphatic rings. The summed E-state index contributed by atoms with van der Waals surface area (Å²) in [5.74, 6) is -0.256. The third-order valence-corrected chi connectivity index (χ3v) is 1.22. The summed E-state index contributed by atoms with van der Waals surface area (Å²) in [5, 5.41) is 19.0. The first-order valence-corrected chi connectivity index (χ1v) is 2.87. The summed E-state index contributed by atoms with van der Waals surface area (Å²) in [6.45, 7) is 1.83. The molecular formula is C7H6N2O. The summed E-state index contributed by atoms with van der Waals surface area (Å²) in [6.07, 6.45) is 0. The van der Waals surface area contributed by atoms with Crippen LogP contribution in [-0.2, 0) is 0 Å². The van der Waals surface area contributed by atoms with Crippen LogP contribution in [0.3, 0.4) is 0 Å². The highest BCUT2D eigenvalue weighted by Crippen LogP contribution is 2.23. The van der Waals surface area contributed by atoms with Crippen LogP contribution in [0.4, 0.5) is 5.69 Å². The van der Waals surface area contributed by atoms with E-state index < -0.39 is 0 Å². The largest absolute Gasteiger partial charge is 0.867 e. The van der Waals surface area contributed by atoms with E-state index in [0.29, 0.717) is 0 Å². The van der Waals surface area contributed by atoms with Gasteiger partial charge in [0.1, 0.15) is 0 Å². The number of diazo groups is 1. The molecule has 0 radical (unpaired) electrons. The van der Waals surface area contributed by atoms with Gasteiger partial charge in [0.25, 0.3) is 0 Å². The lowest BCUT2D eigenvalue weighted by molar-refractivity contribution is -0.266. The van der Waals surface area contributed by atoms with Gasteiger partial charge < -0.3 is 5.11 Å². The van der Waals surface area contributed by atoms with Crippen LogP contribution >= 0.6 is 0 Å². The fourth-order valence-corrected chi connectivity index (χ4v) is 0.706. The summed E-state index contributed by atoms with van der Waals surface area (Å²) in [4.78, 5) is 2.82. The number of hydrogen-bond acceptors (Lipinski definition) is 2. The Hall–Kier alpha value is -1.56.